The van der Waals surface area contributed by atoms with Crippen molar-refractivity contribution in [2.45, 2.75) is 6.42 Å². The number of phenolic OH excluding ortho intramolecular Hbond substituents is 2. The van der Waals surface area contributed by atoms with Gasteiger partial charge in [-0.2, -0.15) is 0 Å². The monoisotopic (exact) mass is 374 g/mol. The minimum Gasteiger partial charge on any atom is -0.508 e. The maximum absolute atomic E-state index is 12.1. The second-order valence-corrected chi connectivity index (χ2v) is 6.13. The summed E-state index contributed by atoms with van der Waals surface area (Å²) in [4.78, 5) is 15.3. The Morgan fingerprint density at radius 1 is 1.17 bits per heavy atom. The van der Waals surface area contributed by atoms with E-state index in [0.717, 1.165) is 20.9 Å². The highest BCUT2D eigenvalue weighted by atomic mass is 79.9. The predicted octanol–water partition coefficient (Wildman–Crippen LogP) is 3.31. The van der Waals surface area contributed by atoms with Crippen LogP contribution in [0.3, 0.4) is 0 Å². The summed E-state index contributed by atoms with van der Waals surface area (Å²) >= 11 is 3.28. The van der Waals surface area contributed by atoms with Crippen LogP contribution >= 0.6 is 15.9 Å². The molecule has 0 radical (unpaired) electrons. The fraction of sp³-hybridized carbons (Fsp3) is 0.118. The average molecular weight is 375 g/mol. The Kier molecular flexibility index (Phi) is 4.25. The standard InChI is InChI=1S/C17H15BrN2O3/c18-11-1-4-16(22)14(7-11)17(23)19-6-5-10-9-20-15-3-2-12(21)8-13(10)15/h1-4,7-9,20-22H,5-6H2,(H,19,23). The van der Waals surface area contributed by atoms with E-state index >= 15 is 0 Å². The number of H-pyrrole nitrogens is 1. The molecule has 4 N–H and O–H groups in total. The van der Waals surface area contributed by atoms with E-state index < -0.39 is 0 Å². The molecule has 2 aromatic carbocycles. The van der Waals surface area contributed by atoms with Gasteiger partial charge in [0.05, 0.1) is 5.56 Å². The van der Waals surface area contributed by atoms with E-state index in [1.54, 1.807) is 24.3 Å². The molecule has 1 aromatic heterocycles. The van der Waals surface area contributed by atoms with Crippen molar-refractivity contribution in [3.8, 4) is 11.5 Å². The van der Waals surface area contributed by atoms with E-state index in [-0.39, 0.29) is 23.0 Å². The van der Waals surface area contributed by atoms with Gasteiger partial charge in [-0.1, -0.05) is 15.9 Å². The highest BCUT2D eigenvalue weighted by Gasteiger charge is 2.11. The summed E-state index contributed by atoms with van der Waals surface area (Å²) in [6.45, 7) is 0.424. The second kappa shape index (κ2) is 6.34. The molecule has 3 rings (SSSR count). The molecule has 0 aliphatic heterocycles. The van der Waals surface area contributed by atoms with Crippen LogP contribution in [0.4, 0.5) is 0 Å². The third-order valence-electron chi connectivity index (χ3n) is 3.63. The number of aromatic amines is 1. The Balaban J connectivity index is 1.67. The number of hydrogen-bond acceptors (Lipinski definition) is 3. The van der Waals surface area contributed by atoms with Crippen LogP contribution in [0.2, 0.25) is 0 Å². The lowest BCUT2D eigenvalue weighted by molar-refractivity contribution is 0.0951. The summed E-state index contributed by atoms with van der Waals surface area (Å²) in [6.07, 6.45) is 2.48. The topological polar surface area (TPSA) is 85.4 Å². The number of aromatic nitrogens is 1. The van der Waals surface area contributed by atoms with Gasteiger partial charge < -0.3 is 20.5 Å². The molecular formula is C17H15BrN2O3. The second-order valence-electron chi connectivity index (χ2n) is 5.21. The molecule has 0 fully saturated rings. The average Bonchev–Trinajstić information content (AvgIpc) is 2.92. The van der Waals surface area contributed by atoms with Crippen LogP contribution in [0.1, 0.15) is 15.9 Å². The lowest BCUT2D eigenvalue weighted by Gasteiger charge is -2.07. The third kappa shape index (κ3) is 3.32. The van der Waals surface area contributed by atoms with Crippen molar-refractivity contribution in [3.63, 3.8) is 0 Å². The summed E-state index contributed by atoms with van der Waals surface area (Å²) in [7, 11) is 0. The molecule has 0 bridgehead atoms. The number of nitrogens with one attached hydrogen (secondary N) is 2. The molecule has 0 saturated heterocycles. The van der Waals surface area contributed by atoms with E-state index in [0.29, 0.717) is 13.0 Å². The number of fused-ring (bicyclic) bond motifs is 1. The maximum Gasteiger partial charge on any atom is 0.255 e. The molecule has 23 heavy (non-hydrogen) atoms. The molecule has 3 aromatic rings. The van der Waals surface area contributed by atoms with Gasteiger partial charge in [0.2, 0.25) is 0 Å². The molecule has 0 aliphatic rings. The van der Waals surface area contributed by atoms with Crippen LogP contribution in [-0.2, 0) is 6.42 Å². The van der Waals surface area contributed by atoms with Crippen molar-refractivity contribution in [2.24, 2.45) is 0 Å². The molecular weight excluding hydrogens is 360 g/mol. The number of carbonyl (C=O) groups excluding carboxylic acids is 1. The Bertz CT molecular complexity index is 873. The Morgan fingerprint density at radius 2 is 2.00 bits per heavy atom. The van der Waals surface area contributed by atoms with E-state index in [2.05, 4.69) is 26.2 Å². The maximum atomic E-state index is 12.1. The zero-order valence-corrected chi connectivity index (χ0v) is 13.7. The molecule has 6 heteroatoms. The van der Waals surface area contributed by atoms with Gasteiger partial charge in [0.25, 0.3) is 5.91 Å². The lowest BCUT2D eigenvalue weighted by Crippen LogP contribution is -2.25. The van der Waals surface area contributed by atoms with Crippen molar-refractivity contribution in [2.75, 3.05) is 6.54 Å². The molecule has 1 heterocycles. The minimum absolute atomic E-state index is 0.0530. The molecule has 0 atom stereocenters. The predicted molar refractivity (Wildman–Crippen MR) is 91.8 cm³/mol. The van der Waals surface area contributed by atoms with Crippen LogP contribution in [0.15, 0.2) is 47.1 Å². The van der Waals surface area contributed by atoms with Crippen molar-refractivity contribution in [1.29, 1.82) is 0 Å². The van der Waals surface area contributed by atoms with Gasteiger partial charge in [-0.3, -0.25) is 4.79 Å². The molecule has 0 unspecified atom stereocenters. The quantitative estimate of drug-likeness (QED) is 0.565. The molecule has 0 saturated carbocycles. The van der Waals surface area contributed by atoms with Crippen LogP contribution in [0, 0.1) is 0 Å². The van der Waals surface area contributed by atoms with Gasteiger partial charge in [0.15, 0.2) is 0 Å². The highest BCUT2D eigenvalue weighted by Crippen LogP contribution is 2.24. The normalized spacial score (nSPS) is 10.8. The number of benzene rings is 2. The lowest BCUT2D eigenvalue weighted by atomic mass is 10.1. The first kappa shape index (κ1) is 15.4. The molecule has 118 valence electrons. The SMILES string of the molecule is O=C(NCCc1c[nH]c2ccc(O)cc12)c1cc(Br)ccc1O. The Morgan fingerprint density at radius 3 is 2.83 bits per heavy atom. The fourth-order valence-electron chi connectivity index (χ4n) is 2.47. The first-order valence-corrected chi connectivity index (χ1v) is 7.89. The first-order valence-electron chi connectivity index (χ1n) is 7.10. The molecule has 0 spiro atoms. The molecule has 0 aliphatic carbocycles. The van der Waals surface area contributed by atoms with Gasteiger partial charge in [0.1, 0.15) is 11.5 Å². The van der Waals surface area contributed by atoms with Gasteiger partial charge in [-0.25, -0.2) is 0 Å². The zero-order valence-electron chi connectivity index (χ0n) is 12.1. The molecule has 5 nitrogen and oxygen atoms in total. The molecule has 1 amide bonds. The van der Waals surface area contributed by atoms with Crippen LogP contribution in [0.25, 0.3) is 10.9 Å². The van der Waals surface area contributed by atoms with E-state index in [9.17, 15) is 15.0 Å². The smallest absolute Gasteiger partial charge is 0.255 e. The van der Waals surface area contributed by atoms with Crippen molar-refractivity contribution >= 4 is 32.7 Å². The van der Waals surface area contributed by atoms with Gasteiger partial charge >= 0.3 is 0 Å². The van der Waals surface area contributed by atoms with Gasteiger partial charge in [0, 0.05) is 28.1 Å². The summed E-state index contributed by atoms with van der Waals surface area (Å²) in [5.74, 6) is -0.171. The Hall–Kier alpha value is -2.47. The van der Waals surface area contributed by atoms with Gasteiger partial charge in [-0.05, 0) is 48.4 Å². The van der Waals surface area contributed by atoms with E-state index in [1.165, 1.54) is 6.07 Å². The highest BCUT2D eigenvalue weighted by molar-refractivity contribution is 9.10. The van der Waals surface area contributed by atoms with E-state index in [1.807, 2.05) is 12.3 Å². The third-order valence-corrected chi connectivity index (χ3v) is 4.13. The summed E-state index contributed by atoms with van der Waals surface area (Å²) in [5.41, 5.74) is 2.18. The van der Waals surface area contributed by atoms with Crippen molar-refractivity contribution in [3.05, 3.63) is 58.2 Å². The number of rotatable bonds is 4. The van der Waals surface area contributed by atoms with Crippen molar-refractivity contribution in [1.82, 2.24) is 10.3 Å². The van der Waals surface area contributed by atoms with E-state index in [4.69, 9.17) is 0 Å². The minimum atomic E-state index is -0.327. The number of amides is 1. The largest absolute Gasteiger partial charge is 0.508 e. The number of aromatic hydroxyl groups is 2. The van der Waals surface area contributed by atoms with Gasteiger partial charge in [-0.15, -0.1) is 0 Å². The van der Waals surface area contributed by atoms with Crippen LogP contribution < -0.4 is 5.32 Å². The number of hydrogen-bond donors (Lipinski definition) is 4. The zero-order chi connectivity index (χ0) is 16.4. The number of phenols is 2. The number of carbonyl (C=O) groups is 1. The summed E-state index contributed by atoms with van der Waals surface area (Å²) in [5, 5.41) is 23.0. The van der Waals surface area contributed by atoms with Crippen molar-refractivity contribution < 1.29 is 15.0 Å². The Labute approximate surface area is 141 Å². The summed E-state index contributed by atoms with van der Waals surface area (Å²) in [6, 6.07) is 9.86. The summed E-state index contributed by atoms with van der Waals surface area (Å²) < 4.78 is 0.729. The van der Waals surface area contributed by atoms with Crippen LogP contribution in [0.5, 0.6) is 11.5 Å². The van der Waals surface area contributed by atoms with Crippen LogP contribution in [-0.4, -0.2) is 27.6 Å². The fourth-order valence-corrected chi connectivity index (χ4v) is 2.83. The number of halogens is 1. The first-order chi connectivity index (χ1) is 11.0.